The molecule has 5 heteroatoms. The maximum atomic E-state index is 12.6. The third kappa shape index (κ3) is 3.96. The molecule has 1 saturated heterocycles. The first-order chi connectivity index (χ1) is 11.7. The molecule has 128 valence electrons. The van der Waals surface area contributed by atoms with E-state index in [0.29, 0.717) is 18.2 Å². The molecule has 1 amide bonds. The van der Waals surface area contributed by atoms with Gasteiger partial charge in [-0.3, -0.25) is 9.48 Å². The van der Waals surface area contributed by atoms with Gasteiger partial charge < -0.3 is 9.64 Å². The van der Waals surface area contributed by atoms with Crippen molar-refractivity contribution < 1.29 is 9.53 Å². The molecule has 1 fully saturated rings. The predicted octanol–water partition coefficient (Wildman–Crippen LogP) is 3.14. The van der Waals surface area contributed by atoms with Crippen LogP contribution >= 0.6 is 0 Å². The van der Waals surface area contributed by atoms with Gasteiger partial charge in [-0.15, -0.1) is 0 Å². The van der Waals surface area contributed by atoms with E-state index in [4.69, 9.17) is 4.74 Å². The fraction of sp³-hybridized carbons (Fsp3) is 0.474. The fourth-order valence-electron chi connectivity index (χ4n) is 3.05. The van der Waals surface area contributed by atoms with Gasteiger partial charge in [0.1, 0.15) is 11.4 Å². The summed E-state index contributed by atoms with van der Waals surface area (Å²) in [7, 11) is 0. The van der Waals surface area contributed by atoms with Gasteiger partial charge in [0.25, 0.3) is 5.91 Å². The van der Waals surface area contributed by atoms with Gasteiger partial charge in [-0.25, -0.2) is 0 Å². The zero-order chi connectivity index (χ0) is 16.9. The minimum Gasteiger partial charge on any atom is -0.493 e. The van der Waals surface area contributed by atoms with Crippen LogP contribution < -0.4 is 4.74 Å². The molecule has 1 aliphatic rings. The van der Waals surface area contributed by atoms with Crippen LogP contribution in [0.25, 0.3) is 0 Å². The van der Waals surface area contributed by atoms with Crippen LogP contribution in [-0.2, 0) is 6.54 Å². The number of hydrogen-bond donors (Lipinski definition) is 0. The summed E-state index contributed by atoms with van der Waals surface area (Å²) in [5, 5.41) is 4.32. The minimum atomic E-state index is 0.0298. The lowest BCUT2D eigenvalue weighted by atomic mass is 9.98. The standard InChI is InChI=1S/C19H25N3O2/c1-3-22-12-10-18(20-22)19(23)21-11-4-5-16(13-21)14-24-17-8-6-15(2)7-9-17/h6-10,12,16H,3-5,11,13-14H2,1-2H3. The van der Waals surface area contributed by atoms with Gasteiger partial charge in [0.05, 0.1) is 6.61 Å². The van der Waals surface area contributed by atoms with E-state index in [1.807, 2.05) is 30.2 Å². The lowest BCUT2D eigenvalue weighted by Crippen LogP contribution is -2.41. The van der Waals surface area contributed by atoms with Crippen molar-refractivity contribution in [3.63, 3.8) is 0 Å². The quantitative estimate of drug-likeness (QED) is 0.847. The van der Waals surface area contributed by atoms with Gasteiger partial charge in [0.2, 0.25) is 0 Å². The van der Waals surface area contributed by atoms with E-state index in [9.17, 15) is 4.79 Å². The highest BCUT2D eigenvalue weighted by atomic mass is 16.5. The summed E-state index contributed by atoms with van der Waals surface area (Å²) in [4.78, 5) is 14.5. The predicted molar refractivity (Wildman–Crippen MR) is 93.2 cm³/mol. The van der Waals surface area contributed by atoms with Crippen LogP contribution in [0.2, 0.25) is 0 Å². The first-order valence-electron chi connectivity index (χ1n) is 8.68. The number of aromatic nitrogens is 2. The molecule has 1 unspecified atom stereocenters. The Balaban J connectivity index is 1.55. The Morgan fingerprint density at radius 2 is 2.08 bits per heavy atom. The molecular formula is C19H25N3O2. The second-order valence-electron chi connectivity index (χ2n) is 6.44. The van der Waals surface area contributed by atoms with Crippen LogP contribution in [0.4, 0.5) is 0 Å². The SMILES string of the molecule is CCn1ccc(C(=O)N2CCCC(COc3ccc(C)cc3)C2)n1. The molecule has 3 rings (SSSR count). The fourth-order valence-corrected chi connectivity index (χ4v) is 3.05. The van der Waals surface area contributed by atoms with E-state index in [0.717, 1.165) is 38.2 Å². The van der Waals surface area contributed by atoms with E-state index in [-0.39, 0.29) is 5.91 Å². The van der Waals surface area contributed by atoms with Gasteiger partial charge in [-0.1, -0.05) is 17.7 Å². The van der Waals surface area contributed by atoms with Gasteiger partial charge >= 0.3 is 0 Å². The van der Waals surface area contributed by atoms with Crippen molar-refractivity contribution in [1.29, 1.82) is 0 Å². The molecule has 5 nitrogen and oxygen atoms in total. The number of aryl methyl sites for hydroxylation is 2. The van der Waals surface area contributed by atoms with E-state index in [1.165, 1.54) is 5.56 Å². The van der Waals surface area contributed by atoms with Crippen LogP contribution in [0.5, 0.6) is 5.75 Å². The van der Waals surface area contributed by atoms with Crippen LogP contribution in [0.1, 0.15) is 35.8 Å². The Labute approximate surface area is 143 Å². The average Bonchev–Trinajstić information content (AvgIpc) is 3.10. The van der Waals surface area contributed by atoms with Gasteiger partial charge in [-0.2, -0.15) is 5.10 Å². The number of benzene rings is 1. The Morgan fingerprint density at radius 1 is 1.29 bits per heavy atom. The van der Waals surface area contributed by atoms with Crippen molar-refractivity contribution in [1.82, 2.24) is 14.7 Å². The van der Waals surface area contributed by atoms with E-state index < -0.39 is 0 Å². The third-order valence-corrected chi connectivity index (χ3v) is 4.50. The van der Waals surface area contributed by atoms with Crippen molar-refractivity contribution in [3.05, 3.63) is 47.8 Å². The van der Waals surface area contributed by atoms with Crippen molar-refractivity contribution in [2.45, 2.75) is 33.2 Å². The Morgan fingerprint density at radius 3 is 2.79 bits per heavy atom. The van der Waals surface area contributed by atoms with Crippen molar-refractivity contribution >= 4 is 5.91 Å². The Kier molecular flexibility index (Phi) is 5.18. The van der Waals surface area contributed by atoms with E-state index in [1.54, 1.807) is 10.7 Å². The van der Waals surface area contributed by atoms with Crippen LogP contribution in [0.15, 0.2) is 36.5 Å². The molecule has 1 aliphatic heterocycles. The monoisotopic (exact) mass is 327 g/mol. The summed E-state index contributed by atoms with van der Waals surface area (Å²) in [6.45, 7) is 7.05. The molecule has 0 spiro atoms. The number of hydrogen-bond acceptors (Lipinski definition) is 3. The first kappa shape index (κ1) is 16.6. The molecule has 0 radical (unpaired) electrons. The summed E-state index contributed by atoms with van der Waals surface area (Å²) in [6, 6.07) is 9.90. The van der Waals surface area contributed by atoms with Gasteiger partial charge in [-0.05, 0) is 44.9 Å². The molecule has 1 aromatic carbocycles. The van der Waals surface area contributed by atoms with E-state index >= 15 is 0 Å². The average molecular weight is 327 g/mol. The summed E-state index contributed by atoms with van der Waals surface area (Å²) in [6.07, 6.45) is 3.97. The highest BCUT2D eigenvalue weighted by Gasteiger charge is 2.26. The number of amides is 1. The number of carbonyl (C=O) groups is 1. The molecule has 2 aromatic rings. The van der Waals surface area contributed by atoms with Crippen molar-refractivity contribution in [2.24, 2.45) is 5.92 Å². The summed E-state index contributed by atoms with van der Waals surface area (Å²) in [5.41, 5.74) is 1.76. The topological polar surface area (TPSA) is 47.4 Å². The van der Waals surface area contributed by atoms with Crippen molar-refractivity contribution in [2.75, 3.05) is 19.7 Å². The normalized spacial score (nSPS) is 17.8. The molecule has 1 aromatic heterocycles. The van der Waals surface area contributed by atoms with E-state index in [2.05, 4.69) is 24.2 Å². The van der Waals surface area contributed by atoms with Gasteiger partial charge in [0.15, 0.2) is 0 Å². The largest absolute Gasteiger partial charge is 0.493 e. The summed E-state index contributed by atoms with van der Waals surface area (Å²) >= 11 is 0. The summed E-state index contributed by atoms with van der Waals surface area (Å²) < 4.78 is 7.68. The van der Waals surface area contributed by atoms with Crippen molar-refractivity contribution in [3.8, 4) is 5.75 Å². The second-order valence-corrected chi connectivity index (χ2v) is 6.44. The number of ether oxygens (including phenoxy) is 1. The molecule has 0 saturated carbocycles. The van der Waals surface area contributed by atoms with Gasteiger partial charge in [0, 0.05) is 31.7 Å². The third-order valence-electron chi connectivity index (χ3n) is 4.50. The maximum absolute atomic E-state index is 12.6. The molecular weight excluding hydrogens is 302 g/mol. The number of piperidine rings is 1. The number of carbonyl (C=O) groups excluding carboxylic acids is 1. The highest BCUT2D eigenvalue weighted by Crippen LogP contribution is 2.20. The molecule has 0 bridgehead atoms. The van der Waals surface area contributed by atoms with Crippen LogP contribution in [-0.4, -0.2) is 40.3 Å². The Hall–Kier alpha value is -2.30. The zero-order valence-electron chi connectivity index (χ0n) is 14.4. The lowest BCUT2D eigenvalue weighted by molar-refractivity contribution is 0.0626. The molecule has 1 atom stereocenters. The maximum Gasteiger partial charge on any atom is 0.274 e. The molecule has 24 heavy (non-hydrogen) atoms. The lowest BCUT2D eigenvalue weighted by Gasteiger charge is -2.32. The second kappa shape index (κ2) is 7.51. The minimum absolute atomic E-state index is 0.0298. The number of nitrogens with zero attached hydrogens (tertiary/aromatic N) is 3. The summed E-state index contributed by atoms with van der Waals surface area (Å²) in [5.74, 6) is 1.30. The highest BCUT2D eigenvalue weighted by molar-refractivity contribution is 5.92. The van der Waals surface area contributed by atoms with Crippen LogP contribution in [0, 0.1) is 12.8 Å². The van der Waals surface area contributed by atoms with Crippen LogP contribution in [0.3, 0.4) is 0 Å². The zero-order valence-corrected chi connectivity index (χ0v) is 14.4. The molecule has 2 heterocycles. The Bertz CT molecular complexity index is 678. The number of likely N-dealkylation sites (tertiary alicyclic amines) is 1. The molecule has 0 aliphatic carbocycles. The smallest absolute Gasteiger partial charge is 0.274 e. The first-order valence-corrected chi connectivity index (χ1v) is 8.68. The number of rotatable bonds is 5. The molecule has 0 N–H and O–H groups in total.